The number of carbonyl (C=O) groups excluding carboxylic acids is 2. The number of fused-ring (bicyclic) bond motifs is 10. The minimum Gasteiger partial charge on any atom is -0.393 e. The van der Waals surface area contributed by atoms with E-state index in [0.29, 0.717) is 62.5 Å². The third-order valence-corrected chi connectivity index (χ3v) is 15.6. The van der Waals surface area contributed by atoms with Crippen LogP contribution in [0.4, 0.5) is 9.18 Å². The van der Waals surface area contributed by atoms with Crippen LogP contribution in [0.2, 0.25) is 5.02 Å². The highest BCUT2D eigenvalue weighted by molar-refractivity contribution is 6.31. The van der Waals surface area contributed by atoms with Crippen molar-refractivity contribution in [3.63, 3.8) is 0 Å². The van der Waals surface area contributed by atoms with Crippen molar-refractivity contribution in [2.24, 2.45) is 28.6 Å². The number of ketones is 1. The van der Waals surface area contributed by atoms with Gasteiger partial charge in [-0.15, -0.1) is 0 Å². The number of aliphatic hydroxyl groups is 2. The zero-order chi connectivity index (χ0) is 40.7. The molecule has 3 aromatic rings. The fourth-order valence-electron chi connectivity index (χ4n) is 11.3. The van der Waals surface area contributed by atoms with Gasteiger partial charge in [0, 0.05) is 34.5 Å². The topological polar surface area (TPSA) is 89.9 Å². The maximum absolute atomic E-state index is 15.1. The third-order valence-electron chi connectivity index (χ3n) is 15.2. The molecule has 4 bridgehead atoms. The van der Waals surface area contributed by atoms with Crippen molar-refractivity contribution >= 4 is 23.4 Å². The molecule has 8 heteroatoms. The van der Waals surface area contributed by atoms with Crippen molar-refractivity contribution in [1.82, 2.24) is 10.2 Å². The maximum atomic E-state index is 15.1. The Morgan fingerprint density at radius 1 is 1.00 bits per heavy atom. The number of urea groups is 1. The van der Waals surface area contributed by atoms with E-state index in [1.807, 2.05) is 60.4 Å². The van der Waals surface area contributed by atoms with Gasteiger partial charge in [0.1, 0.15) is 5.82 Å². The number of aliphatic hydroxyl groups excluding tert-OH is 1. The summed E-state index contributed by atoms with van der Waals surface area (Å²) < 4.78 is 15.1. The molecule has 57 heavy (non-hydrogen) atoms. The minimum absolute atomic E-state index is 0.163. The molecule has 6 aliphatic rings. The Hall–Kier alpha value is -3.52. The quantitative estimate of drug-likeness (QED) is 0.149. The summed E-state index contributed by atoms with van der Waals surface area (Å²) in [6.45, 7) is 11.8. The van der Waals surface area contributed by atoms with Gasteiger partial charge in [-0.1, -0.05) is 92.6 Å². The van der Waals surface area contributed by atoms with Gasteiger partial charge in [0.05, 0.1) is 24.3 Å². The second-order valence-electron chi connectivity index (χ2n) is 18.9. The molecular weight excluding hydrogens is 735 g/mol. The number of hydrogen-bond donors (Lipinski definition) is 3. The highest BCUT2D eigenvalue weighted by atomic mass is 35.5. The summed E-state index contributed by atoms with van der Waals surface area (Å²) >= 11 is 6.44. The average molecular weight is 797 g/mol. The van der Waals surface area contributed by atoms with Crippen LogP contribution in [-0.4, -0.2) is 51.7 Å². The van der Waals surface area contributed by atoms with E-state index in [1.54, 1.807) is 6.07 Å². The van der Waals surface area contributed by atoms with Crippen LogP contribution in [0.25, 0.3) is 0 Å². The van der Waals surface area contributed by atoms with Crippen LogP contribution in [0, 0.1) is 34.4 Å². The zero-order valence-electron chi connectivity index (χ0n) is 34.5. The van der Waals surface area contributed by atoms with Gasteiger partial charge in [0.15, 0.2) is 5.78 Å². The number of Topliss-reactive ketones (excluding diaryl/α,β-unsaturated/α-hetero) is 1. The van der Waals surface area contributed by atoms with Gasteiger partial charge in [0.25, 0.3) is 0 Å². The first-order valence-corrected chi connectivity index (χ1v) is 21.7. The summed E-state index contributed by atoms with van der Waals surface area (Å²) in [7, 11) is 0. The first kappa shape index (κ1) is 41.6. The highest BCUT2D eigenvalue weighted by Gasteiger charge is 2.59. The molecular formula is C49H62ClFN2O4. The predicted octanol–water partition coefficient (Wildman–Crippen LogP) is 10.8. The summed E-state index contributed by atoms with van der Waals surface area (Å²) in [5, 5.41) is 27.8. The molecule has 2 amide bonds. The van der Waals surface area contributed by atoms with Crippen LogP contribution in [0.3, 0.4) is 0 Å². The Balaban J connectivity index is 1.26. The summed E-state index contributed by atoms with van der Waals surface area (Å²) in [5.74, 6) is 0.636. The number of allylic oxidation sites excluding steroid dienone is 2. The Bertz CT molecular complexity index is 1960. The first-order chi connectivity index (χ1) is 27.1. The number of hydrogen-bond acceptors (Lipinski definition) is 4. The second-order valence-corrected chi connectivity index (χ2v) is 19.3. The molecule has 3 N–H and O–H groups in total. The Morgan fingerprint density at radius 3 is 2.49 bits per heavy atom. The molecule has 0 saturated heterocycles. The normalized spacial score (nSPS) is 30.0. The Morgan fingerprint density at radius 2 is 1.77 bits per heavy atom. The lowest BCUT2D eigenvalue weighted by molar-refractivity contribution is -0.118. The number of nitrogens with zero attached hydrogens (tertiary/aromatic N) is 1. The largest absolute Gasteiger partial charge is 0.393 e. The molecule has 8 atom stereocenters. The predicted molar refractivity (Wildman–Crippen MR) is 226 cm³/mol. The molecule has 8 unspecified atom stereocenters. The number of amides is 2. The fourth-order valence-corrected chi connectivity index (χ4v) is 11.5. The molecule has 0 aromatic heterocycles. The Labute approximate surface area is 344 Å². The van der Waals surface area contributed by atoms with Gasteiger partial charge in [-0.05, 0) is 142 Å². The van der Waals surface area contributed by atoms with Crippen LogP contribution in [0.1, 0.15) is 137 Å². The molecule has 4 saturated carbocycles. The lowest BCUT2D eigenvalue weighted by atomic mass is 9.45. The van der Waals surface area contributed by atoms with Crippen molar-refractivity contribution in [2.45, 2.75) is 129 Å². The van der Waals surface area contributed by atoms with E-state index in [2.05, 4.69) is 39.1 Å². The standard InChI is InChI=1S/C49H62ClFN2O4/c1-31-11-10-23-48(5)41(38-21-17-33(25-37(54)20-16-31)26-39(38)45(55)28-40-43(50)14-9-15-44(40)51)22-24-49(48,57)30-53(29-35-18-19-36-27-42(35)47(36,3)4)46(56)52-32(2)34-12-7-6-8-13-34/h6-9,11-15,17,21,26,32,35-37,41-42,54,57H,10,16,18-20,22-25,27-30H2,1-5H3,(H,52,56). The zero-order valence-corrected chi connectivity index (χ0v) is 35.3. The molecule has 0 radical (unpaired) electrons. The SMILES string of the molecule is CC1=CCCC2(C)C(CCC2(O)CN(CC2CCC3CC2C3(C)C)C(=O)NC(C)c2ccccc2)c2ccc(cc2C(=O)Cc2c(F)cccc2Cl)CC(O)CC1. The fraction of sp³-hybridized carbons (Fsp3) is 0.551. The summed E-state index contributed by atoms with van der Waals surface area (Å²) in [4.78, 5) is 30.9. The number of benzene rings is 3. The number of rotatable bonds is 9. The maximum Gasteiger partial charge on any atom is 0.317 e. The second kappa shape index (κ2) is 16.6. The summed E-state index contributed by atoms with van der Waals surface area (Å²) in [5.41, 5.74) is 2.80. The minimum atomic E-state index is -1.26. The number of carbonyl (C=O) groups is 2. The smallest absolute Gasteiger partial charge is 0.317 e. The molecule has 0 aliphatic heterocycles. The molecule has 0 spiro atoms. The average Bonchev–Trinajstić information content (AvgIpc) is 3.43. The van der Waals surface area contributed by atoms with Gasteiger partial charge in [-0.2, -0.15) is 0 Å². The molecule has 3 aromatic carbocycles. The van der Waals surface area contributed by atoms with Crippen molar-refractivity contribution in [2.75, 3.05) is 13.1 Å². The Kier molecular flexibility index (Phi) is 12.1. The van der Waals surface area contributed by atoms with Crippen molar-refractivity contribution < 1.29 is 24.2 Å². The third kappa shape index (κ3) is 8.36. The lowest BCUT2D eigenvalue weighted by Gasteiger charge is -2.60. The first-order valence-electron chi connectivity index (χ1n) is 21.3. The van der Waals surface area contributed by atoms with E-state index in [0.717, 1.165) is 35.4 Å². The summed E-state index contributed by atoms with van der Waals surface area (Å²) in [6.07, 6.45) is 9.07. The van der Waals surface area contributed by atoms with Crippen molar-refractivity contribution in [3.8, 4) is 0 Å². The van der Waals surface area contributed by atoms with Gasteiger partial charge in [-0.25, -0.2) is 9.18 Å². The van der Waals surface area contributed by atoms with E-state index in [-0.39, 0.29) is 52.7 Å². The molecule has 9 rings (SSSR count). The van der Waals surface area contributed by atoms with Crippen LogP contribution >= 0.6 is 11.6 Å². The van der Waals surface area contributed by atoms with Crippen LogP contribution < -0.4 is 5.32 Å². The highest BCUT2D eigenvalue weighted by Crippen LogP contribution is 2.62. The van der Waals surface area contributed by atoms with E-state index in [4.69, 9.17) is 11.6 Å². The monoisotopic (exact) mass is 796 g/mol. The van der Waals surface area contributed by atoms with Crippen molar-refractivity contribution in [1.29, 1.82) is 0 Å². The molecule has 4 fully saturated rings. The van der Waals surface area contributed by atoms with E-state index < -0.39 is 22.9 Å². The van der Waals surface area contributed by atoms with E-state index in [1.165, 1.54) is 30.5 Å². The van der Waals surface area contributed by atoms with E-state index >= 15 is 4.39 Å². The number of nitrogens with one attached hydrogen (secondary N) is 1. The van der Waals surface area contributed by atoms with Gasteiger partial charge in [0.2, 0.25) is 0 Å². The van der Waals surface area contributed by atoms with Crippen LogP contribution in [0.15, 0.2) is 78.4 Å². The molecule has 0 heterocycles. The lowest BCUT2D eigenvalue weighted by Crippen LogP contribution is -2.59. The molecule has 6 aliphatic carbocycles. The molecule has 6 nitrogen and oxygen atoms in total. The van der Waals surface area contributed by atoms with Gasteiger partial charge in [-0.3, -0.25) is 4.79 Å². The van der Waals surface area contributed by atoms with Crippen molar-refractivity contribution in [3.05, 3.63) is 117 Å². The molecule has 306 valence electrons. The summed E-state index contributed by atoms with van der Waals surface area (Å²) in [6, 6.07) is 20.0. The number of halogens is 2. The van der Waals surface area contributed by atoms with E-state index in [9.17, 15) is 19.8 Å². The van der Waals surface area contributed by atoms with Crippen LogP contribution in [-0.2, 0) is 12.8 Å². The van der Waals surface area contributed by atoms with Gasteiger partial charge >= 0.3 is 6.03 Å². The van der Waals surface area contributed by atoms with Crippen LogP contribution in [0.5, 0.6) is 0 Å². The van der Waals surface area contributed by atoms with Gasteiger partial charge < -0.3 is 20.4 Å².